The van der Waals surface area contributed by atoms with Crippen LogP contribution in [0.3, 0.4) is 0 Å². The standard InChI is InChI=1S/C21H34N4O2/c1-14(2)12-19(13-25(4)5)24-21(27)22-15(3)16-8-10-18(11-9-16)23-20(26)17-6-7-17/h8-11,14-15,17,19H,6-7,12-13H2,1-5H3,(H,23,26)(H2,22,24,27). The summed E-state index contributed by atoms with van der Waals surface area (Å²) in [5.74, 6) is 0.811. The molecule has 0 spiro atoms. The van der Waals surface area contributed by atoms with Gasteiger partial charge in [0.1, 0.15) is 0 Å². The number of nitrogens with one attached hydrogen (secondary N) is 3. The maximum absolute atomic E-state index is 12.4. The second-order valence-corrected chi connectivity index (χ2v) is 8.31. The summed E-state index contributed by atoms with van der Waals surface area (Å²) < 4.78 is 0. The molecule has 2 rings (SSSR count). The van der Waals surface area contributed by atoms with Crippen molar-refractivity contribution in [2.45, 2.75) is 52.1 Å². The third-order valence-corrected chi connectivity index (χ3v) is 4.65. The molecule has 0 radical (unpaired) electrons. The van der Waals surface area contributed by atoms with Crippen molar-refractivity contribution < 1.29 is 9.59 Å². The first kappa shape index (κ1) is 21.2. The summed E-state index contributed by atoms with van der Waals surface area (Å²) in [5, 5.41) is 9.02. The molecule has 0 saturated heterocycles. The van der Waals surface area contributed by atoms with E-state index < -0.39 is 0 Å². The molecule has 1 aromatic rings. The maximum atomic E-state index is 12.4. The molecule has 0 aliphatic heterocycles. The van der Waals surface area contributed by atoms with Crippen LogP contribution < -0.4 is 16.0 Å². The molecule has 0 bridgehead atoms. The fourth-order valence-corrected chi connectivity index (χ4v) is 3.14. The number of carbonyl (C=O) groups is 2. The number of benzene rings is 1. The van der Waals surface area contributed by atoms with Crippen molar-refractivity contribution in [3.63, 3.8) is 0 Å². The molecule has 1 saturated carbocycles. The second kappa shape index (κ2) is 9.74. The van der Waals surface area contributed by atoms with E-state index in [1.807, 2.05) is 45.3 Å². The molecule has 1 fully saturated rings. The topological polar surface area (TPSA) is 73.5 Å². The third-order valence-electron chi connectivity index (χ3n) is 4.65. The van der Waals surface area contributed by atoms with Crippen LogP contribution in [0.25, 0.3) is 0 Å². The SMILES string of the molecule is CC(C)CC(CN(C)C)NC(=O)NC(C)c1ccc(NC(=O)C2CC2)cc1. The molecule has 150 valence electrons. The molecule has 0 heterocycles. The summed E-state index contributed by atoms with van der Waals surface area (Å²) >= 11 is 0. The van der Waals surface area contributed by atoms with Crippen LogP contribution in [0.5, 0.6) is 0 Å². The summed E-state index contributed by atoms with van der Waals surface area (Å²) in [5.41, 5.74) is 1.80. The lowest BCUT2D eigenvalue weighted by molar-refractivity contribution is -0.117. The van der Waals surface area contributed by atoms with Gasteiger partial charge in [-0.05, 0) is 63.9 Å². The highest BCUT2D eigenvalue weighted by molar-refractivity contribution is 5.94. The first-order valence-electron chi connectivity index (χ1n) is 9.87. The summed E-state index contributed by atoms with van der Waals surface area (Å²) in [6, 6.07) is 7.52. The Morgan fingerprint density at radius 2 is 1.70 bits per heavy atom. The van der Waals surface area contributed by atoms with Crippen LogP contribution in [0.15, 0.2) is 24.3 Å². The van der Waals surface area contributed by atoms with Crippen LogP contribution in [-0.4, -0.2) is 43.5 Å². The minimum atomic E-state index is -0.152. The number of nitrogens with zero attached hydrogens (tertiary/aromatic N) is 1. The highest BCUT2D eigenvalue weighted by Gasteiger charge is 2.29. The highest BCUT2D eigenvalue weighted by atomic mass is 16.2. The zero-order valence-corrected chi connectivity index (χ0v) is 17.2. The van der Waals surface area contributed by atoms with Gasteiger partial charge in [0.05, 0.1) is 6.04 Å². The average molecular weight is 375 g/mol. The van der Waals surface area contributed by atoms with Gasteiger partial charge in [-0.3, -0.25) is 4.79 Å². The van der Waals surface area contributed by atoms with Gasteiger partial charge < -0.3 is 20.9 Å². The zero-order chi connectivity index (χ0) is 20.0. The second-order valence-electron chi connectivity index (χ2n) is 8.31. The number of likely N-dealkylation sites (N-methyl/N-ethyl adjacent to an activating group) is 1. The third kappa shape index (κ3) is 7.59. The lowest BCUT2D eigenvalue weighted by Gasteiger charge is -2.25. The molecular formula is C21H34N4O2. The largest absolute Gasteiger partial charge is 0.334 e. The van der Waals surface area contributed by atoms with Crippen molar-refractivity contribution in [2.75, 3.05) is 26.0 Å². The van der Waals surface area contributed by atoms with E-state index >= 15 is 0 Å². The Morgan fingerprint density at radius 1 is 1.07 bits per heavy atom. The van der Waals surface area contributed by atoms with E-state index in [4.69, 9.17) is 0 Å². The Balaban J connectivity index is 1.85. The molecule has 3 amide bonds. The first-order valence-corrected chi connectivity index (χ1v) is 9.87. The van der Waals surface area contributed by atoms with Gasteiger partial charge >= 0.3 is 6.03 Å². The van der Waals surface area contributed by atoms with Crippen LogP contribution in [0.2, 0.25) is 0 Å². The quantitative estimate of drug-likeness (QED) is 0.620. The van der Waals surface area contributed by atoms with Gasteiger partial charge in [-0.15, -0.1) is 0 Å². The number of urea groups is 1. The molecule has 0 aromatic heterocycles. The molecule has 6 nitrogen and oxygen atoms in total. The molecule has 1 aliphatic carbocycles. The van der Waals surface area contributed by atoms with Gasteiger partial charge in [0.15, 0.2) is 0 Å². The van der Waals surface area contributed by atoms with Crippen molar-refractivity contribution in [2.24, 2.45) is 11.8 Å². The summed E-state index contributed by atoms with van der Waals surface area (Å²) in [6.07, 6.45) is 2.92. The van der Waals surface area contributed by atoms with E-state index in [1.165, 1.54) is 0 Å². The van der Waals surface area contributed by atoms with E-state index in [0.717, 1.165) is 37.1 Å². The van der Waals surface area contributed by atoms with Crippen molar-refractivity contribution in [1.29, 1.82) is 0 Å². The number of rotatable bonds is 9. The van der Waals surface area contributed by atoms with E-state index in [1.54, 1.807) is 0 Å². The van der Waals surface area contributed by atoms with Crippen LogP contribution in [-0.2, 0) is 4.79 Å². The average Bonchev–Trinajstić information content (AvgIpc) is 3.38. The van der Waals surface area contributed by atoms with Gasteiger partial charge in [-0.25, -0.2) is 4.79 Å². The maximum Gasteiger partial charge on any atom is 0.315 e. The monoisotopic (exact) mass is 374 g/mol. The fourth-order valence-electron chi connectivity index (χ4n) is 3.14. The molecular weight excluding hydrogens is 340 g/mol. The molecule has 3 N–H and O–H groups in total. The summed E-state index contributed by atoms with van der Waals surface area (Å²) in [6.45, 7) is 7.10. The van der Waals surface area contributed by atoms with E-state index in [2.05, 4.69) is 34.7 Å². The molecule has 1 aliphatic rings. The lowest BCUT2D eigenvalue weighted by Crippen LogP contribution is -2.47. The minimum Gasteiger partial charge on any atom is -0.334 e. The lowest BCUT2D eigenvalue weighted by atomic mass is 10.0. The Bertz CT molecular complexity index is 614. The first-order chi connectivity index (χ1) is 12.7. The minimum absolute atomic E-state index is 0.102. The van der Waals surface area contributed by atoms with E-state index in [0.29, 0.717) is 5.92 Å². The fraction of sp³-hybridized carbons (Fsp3) is 0.619. The van der Waals surface area contributed by atoms with Crippen LogP contribution >= 0.6 is 0 Å². The Hall–Kier alpha value is -2.08. The van der Waals surface area contributed by atoms with Gasteiger partial charge in [0.25, 0.3) is 0 Å². The van der Waals surface area contributed by atoms with Gasteiger partial charge in [0.2, 0.25) is 5.91 Å². The van der Waals surface area contributed by atoms with Crippen molar-refractivity contribution in [3.8, 4) is 0 Å². The number of hydrogen-bond acceptors (Lipinski definition) is 3. The molecule has 2 atom stereocenters. The van der Waals surface area contributed by atoms with Crippen molar-refractivity contribution in [3.05, 3.63) is 29.8 Å². The summed E-state index contributed by atoms with van der Waals surface area (Å²) in [4.78, 5) is 26.3. The van der Waals surface area contributed by atoms with Gasteiger partial charge in [0, 0.05) is 24.2 Å². The number of amides is 3. The van der Waals surface area contributed by atoms with E-state index in [9.17, 15) is 9.59 Å². The highest BCUT2D eigenvalue weighted by Crippen LogP contribution is 2.30. The van der Waals surface area contributed by atoms with Crippen LogP contribution in [0.1, 0.15) is 51.6 Å². The molecule has 27 heavy (non-hydrogen) atoms. The predicted octanol–water partition coefficient (Wildman–Crippen LogP) is 3.37. The number of anilines is 1. The predicted molar refractivity (Wildman–Crippen MR) is 110 cm³/mol. The normalized spacial score (nSPS) is 16.1. The number of carbonyl (C=O) groups excluding carboxylic acids is 2. The molecule has 6 heteroatoms. The van der Waals surface area contributed by atoms with Crippen molar-refractivity contribution >= 4 is 17.6 Å². The Morgan fingerprint density at radius 3 is 2.22 bits per heavy atom. The van der Waals surface area contributed by atoms with Crippen LogP contribution in [0, 0.1) is 11.8 Å². The van der Waals surface area contributed by atoms with Crippen LogP contribution in [0.4, 0.5) is 10.5 Å². The van der Waals surface area contributed by atoms with E-state index in [-0.39, 0.29) is 29.9 Å². The van der Waals surface area contributed by atoms with Gasteiger partial charge in [-0.1, -0.05) is 26.0 Å². The number of hydrogen-bond donors (Lipinski definition) is 3. The molecule has 1 aromatic carbocycles. The van der Waals surface area contributed by atoms with Gasteiger partial charge in [-0.2, -0.15) is 0 Å². The smallest absolute Gasteiger partial charge is 0.315 e. The summed E-state index contributed by atoms with van der Waals surface area (Å²) in [7, 11) is 4.03. The van der Waals surface area contributed by atoms with Crippen molar-refractivity contribution in [1.82, 2.24) is 15.5 Å². The zero-order valence-electron chi connectivity index (χ0n) is 17.2. The molecule has 2 unspecified atom stereocenters. The Labute approximate surface area is 163 Å². The Kier molecular flexibility index (Phi) is 7.66.